The first-order chi connectivity index (χ1) is 16.7. The van der Waals surface area contributed by atoms with Crippen molar-refractivity contribution in [1.29, 1.82) is 0 Å². The standard InChI is InChI=1S/C24H28N4O5S2/c1-15-16(2)34-23(25-15)21(14-18-9-11-19(12-10-18)28-35(31)32)26-22(29)20(27-24(30)33-3)13-17-7-5-4-6-8-17/h4-12,20-21,35H,13-14H2,1-3H3,(H,26,29)(H,27,30)(H,28,31,32)/t20-,21-/m0/s1. The van der Waals surface area contributed by atoms with Crippen LogP contribution in [0, 0.1) is 13.8 Å². The average molecular weight is 517 g/mol. The third kappa shape index (κ3) is 7.79. The molecule has 2 aromatic carbocycles. The number of anilines is 1. The van der Waals surface area contributed by atoms with Gasteiger partial charge < -0.3 is 15.4 Å². The van der Waals surface area contributed by atoms with Crippen LogP contribution in [0.4, 0.5) is 10.5 Å². The highest BCUT2D eigenvalue weighted by Crippen LogP contribution is 2.26. The Morgan fingerprint density at radius 1 is 0.971 bits per heavy atom. The van der Waals surface area contributed by atoms with Gasteiger partial charge in [-0.05, 0) is 43.5 Å². The minimum absolute atomic E-state index is 0.290. The molecule has 0 spiro atoms. The second kappa shape index (κ2) is 12.3. The van der Waals surface area contributed by atoms with E-state index in [-0.39, 0.29) is 12.3 Å². The van der Waals surface area contributed by atoms with E-state index in [0.29, 0.717) is 12.1 Å². The Kier molecular flexibility index (Phi) is 9.21. The molecule has 0 bridgehead atoms. The molecule has 0 aliphatic carbocycles. The van der Waals surface area contributed by atoms with Gasteiger partial charge in [0.2, 0.25) is 16.8 Å². The Hall–Kier alpha value is -3.44. The summed E-state index contributed by atoms with van der Waals surface area (Å²) in [5.74, 6) is -0.364. The van der Waals surface area contributed by atoms with Crippen molar-refractivity contribution in [2.24, 2.45) is 0 Å². The summed E-state index contributed by atoms with van der Waals surface area (Å²) in [4.78, 5) is 31.0. The lowest BCUT2D eigenvalue weighted by Crippen LogP contribution is -2.49. The van der Waals surface area contributed by atoms with Gasteiger partial charge in [-0.2, -0.15) is 0 Å². The van der Waals surface area contributed by atoms with Crippen LogP contribution in [-0.2, 0) is 33.3 Å². The van der Waals surface area contributed by atoms with E-state index in [0.717, 1.165) is 26.7 Å². The van der Waals surface area contributed by atoms with E-state index in [9.17, 15) is 18.0 Å². The van der Waals surface area contributed by atoms with Crippen LogP contribution in [-0.4, -0.2) is 38.6 Å². The number of hydrogen-bond acceptors (Lipinski definition) is 7. The van der Waals surface area contributed by atoms with Crippen LogP contribution in [0.3, 0.4) is 0 Å². The number of amides is 2. The number of ether oxygens (including phenoxy) is 1. The highest BCUT2D eigenvalue weighted by molar-refractivity contribution is 7.73. The fraction of sp³-hybridized carbons (Fsp3) is 0.292. The van der Waals surface area contributed by atoms with E-state index in [1.165, 1.54) is 18.4 Å². The van der Waals surface area contributed by atoms with Crippen LogP contribution in [0.5, 0.6) is 0 Å². The molecule has 2 amide bonds. The zero-order chi connectivity index (χ0) is 25.4. The maximum Gasteiger partial charge on any atom is 0.407 e. The number of thiazole rings is 1. The first kappa shape index (κ1) is 26.2. The molecule has 0 unspecified atom stereocenters. The number of alkyl carbamates (subject to hydrolysis) is 1. The van der Waals surface area contributed by atoms with Gasteiger partial charge in [0.1, 0.15) is 11.0 Å². The molecule has 3 rings (SSSR count). The summed E-state index contributed by atoms with van der Waals surface area (Å²) in [6, 6.07) is 15.0. The van der Waals surface area contributed by atoms with E-state index in [4.69, 9.17) is 4.74 Å². The fourth-order valence-electron chi connectivity index (χ4n) is 3.44. The molecule has 9 nitrogen and oxygen atoms in total. The summed E-state index contributed by atoms with van der Waals surface area (Å²) in [5, 5.41) is 6.41. The van der Waals surface area contributed by atoms with Crippen LogP contribution in [0.1, 0.15) is 32.7 Å². The molecule has 0 aliphatic heterocycles. The zero-order valence-corrected chi connectivity index (χ0v) is 21.3. The Morgan fingerprint density at radius 3 is 2.20 bits per heavy atom. The number of nitrogens with one attached hydrogen (secondary N) is 3. The van der Waals surface area contributed by atoms with Crippen molar-refractivity contribution in [2.45, 2.75) is 38.8 Å². The summed E-state index contributed by atoms with van der Waals surface area (Å²) in [6.07, 6.45) is 0.0227. The van der Waals surface area contributed by atoms with Crippen molar-refractivity contribution in [2.75, 3.05) is 11.8 Å². The second-order valence-corrected chi connectivity index (χ2v) is 9.88. The fourth-order valence-corrected chi connectivity index (χ4v) is 4.77. The van der Waals surface area contributed by atoms with E-state index in [1.54, 1.807) is 24.3 Å². The van der Waals surface area contributed by atoms with Gasteiger partial charge in [-0.15, -0.1) is 11.3 Å². The van der Waals surface area contributed by atoms with E-state index >= 15 is 0 Å². The van der Waals surface area contributed by atoms with Gasteiger partial charge >= 0.3 is 6.09 Å². The molecule has 3 N–H and O–H groups in total. The Labute approximate surface area is 210 Å². The van der Waals surface area contributed by atoms with Crippen molar-refractivity contribution in [3.05, 3.63) is 81.3 Å². The van der Waals surface area contributed by atoms with Crippen molar-refractivity contribution in [1.82, 2.24) is 15.6 Å². The first-order valence-corrected chi connectivity index (χ1v) is 12.9. The van der Waals surface area contributed by atoms with Gasteiger partial charge in [0.05, 0.1) is 18.8 Å². The minimum Gasteiger partial charge on any atom is -0.453 e. The van der Waals surface area contributed by atoms with Crippen LogP contribution >= 0.6 is 11.3 Å². The topological polar surface area (TPSA) is 126 Å². The SMILES string of the molecule is COC(=O)N[C@@H](Cc1ccccc1)C(=O)N[C@@H](Cc1ccc(N[SH](=O)=O)cc1)c1nc(C)c(C)s1. The number of aryl methyl sites for hydroxylation is 2. The van der Waals surface area contributed by atoms with Gasteiger partial charge in [-0.3, -0.25) is 9.52 Å². The second-order valence-electron chi connectivity index (χ2n) is 7.90. The molecule has 0 radical (unpaired) electrons. The summed E-state index contributed by atoms with van der Waals surface area (Å²) >= 11 is 1.50. The number of aromatic nitrogens is 1. The number of hydrogen-bond donors (Lipinski definition) is 4. The maximum absolute atomic E-state index is 13.4. The molecule has 2 atom stereocenters. The largest absolute Gasteiger partial charge is 0.453 e. The van der Waals surface area contributed by atoms with Gasteiger partial charge in [-0.25, -0.2) is 18.2 Å². The van der Waals surface area contributed by atoms with Crippen molar-refractivity contribution in [3.8, 4) is 0 Å². The predicted molar refractivity (Wildman–Crippen MR) is 136 cm³/mol. The highest BCUT2D eigenvalue weighted by Gasteiger charge is 2.26. The van der Waals surface area contributed by atoms with E-state index < -0.39 is 29.1 Å². The van der Waals surface area contributed by atoms with Gasteiger partial charge in [0, 0.05) is 17.0 Å². The molecule has 0 saturated heterocycles. The molecule has 11 heteroatoms. The maximum atomic E-state index is 13.4. The monoisotopic (exact) mass is 516 g/mol. The van der Waals surface area contributed by atoms with E-state index in [2.05, 4.69) is 20.3 Å². The quantitative estimate of drug-likeness (QED) is 0.307. The van der Waals surface area contributed by atoms with Crippen molar-refractivity contribution in [3.63, 3.8) is 0 Å². The summed E-state index contributed by atoms with van der Waals surface area (Å²) in [5.41, 5.74) is 3.11. The zero-order valence-electron chi connectivity index (χ0n) is 19.6. The lowest BCUT2D eigenvalue weighted by molar-refractivity contribution is -0.123. The number of carbonyl (C=O) groups is 2. The lowest BCUT2D eigenvalue weighted by atomic mass is 10.0. The summed E-state index contributed by atoms with van der Waals surface area (Å²) in [6.45, 7) is 3.88. The molecule has 186 valence electrons. The molecule has 0 saturated carbocycles. The first-order valence-electron chi connectivity index (χ1n) is 10.9. The number of thiol groups is 1. The smallest absolute Gasteiger partial charge is 0.407 e. The minimum atomic E-state index is -2.75. The predicted octanol–water partition coefficient (Wildman–Crippen LogP) is 3.07. The Morgan fingerprint density at radius 2 is 1.63 bits per heavy atom. The number of benzene rings is 2. The Balaban J connectivity index is 1.84. The Bertz CT molecular complexity index is 1200. The third-order valence-corrected chi connectivity index (χ3v) is 6.98. The number of methoxy groups -OCH3 is 1. The molecule has 1 heterocycles. The normalized spacial score (nSPS) is 12.6. The van der Waals surface area contributed by atoms with Crippen LogP contribution in [0.25, 0.3) is 0 Å². The molecule has 1 aromatic heterocycles. The number of carbonyl (C=O) groups excluding carboxylic acids is 2. The van der Waals surface area contributed by atoms with Gasteiger partial charge in [-0.1, -0.05) is 42.5 Å². The lowest BCUT2D eigenvalue weighted by Gasteiger charge is -2.22. The highest BCUT2D eigenvalue weighted by atomic mass is 32.2. The van der Waals surface area contributed by atoms with Gasteiger partial charge in [0.15, 0.2) is 0 Å². The van der Waals surface area contributed by atoms with Crippen LogP contribution < -0.4 is 15.4 Å². The third-order valence-electron chi connectivity index (χ3n) is 5.35. The number of nitrogens with zero attached hydrogens (tertiary/aromatic N) is 1. The number of rotatable bonds is 10. The molecule has 35 heavy (non-hydrogen) atoms. The summed E-state index contributed by atoms with van der Waals surface area (Å²) < 4.78 is 28.9. The van der Waals surface area contributed by atoms with E-state index in [1.807, 2.05) is 44.2 Å². The van der Waals surface area contributed by atoms with Crippen molar-refractivity contribution >= 4 is 39.9 Å². The average Bonchev–Trinajstić information content (AvgIpc) is 3.17. The van der Waals surface area contributed by atoms with Gasteiger partial charge in [0.25, 0.3) is 0 Å². The van der Waals surface area contributed by atoms with Crippen LogP contribution in [0.15, 0.2) is 54.6 Å². The molecule has 0 fully saturated rings. The molecule has 0 aliphatic rings. The summed E-state index contributed by atoms with van der Waals surface area (Å²) in [7, 11) is -1.50. The van der Waals surface area contributed by atoms with Crippen molar-refractivity contribution < 1.29 is 22.7 Å². The molecular formula is C24H28N4O5S2. The van der Waals surface area contributed by atoms with Crippen LogP contribution in [0.2, 0.25) is 0 Å². The molecular weight excluding hydrogens is 488 g/mol. The molecule has 3 aromatic rings.